The minimum Gasteiger partial charge on any atom is -0.481 e. The summed E-state index contributed by atoms with van der Waals surface area (Å²) in [7, 11) is 0. The minimum absolute atomic E-state index is 0.403. The van der Waals surface area contributed by atoms with Gasteiger partial charge in [0.1, 0.15) is 5.15 Å². The Morgan fingerprint density at radius 3 is 2.87 bits per heavy atom. The number of hydrogen-bond donors (Lipinski definition) is 2. The van der Waals surface area contributed by atoms with Crippen LogP contribution in [0.1, 0.15) is 5.56 Å². The van der Waals surface area contributed by atoms with E-state index in [-0.39, 0.29) is 0 Å². The topological polar surface area (TPSA) is 62.2 Å². The standard InChI is InChI=1S/C10H11ClN2O2/c11-8-3-7(1-2-13-8)4-10(9(14)15)5-12-6-10/h1-3,12H,4-6H2,(H,14,15). The lowest BCUT2D eigenvalue weighted by molar-refractivity contribution is -0.152. The molecule has 0 bridgehead atoms. The first kappa shape index (κ1) is 10.4. The lowest BCUT2D eigenvalue weighted by Crippen LogP contribution is -2.59. The lowest BCUT2D eigenvalue weighted by atomic mass is 9.76. The molecule has 0 amide bonds. The predicted molar refractivity (Wildman–Crippen MR) is 55.9 cm³/mol. The van der Waals surface area contributed by atoms with Gasteiger partial charge in [-0.25, -0.2) is 4.98 Å². The number of carbonyl (C=O) groups is 1. The number of carboxylic acid groups (broad SMARTS) is 1. The number of halogens is 1. The molecule has 1 aromatic heterocycles. The molecule has 0 unspecified atom stereocenters. The molecular formula is C10H11ClN2O2. The van der Waals surface area contributed by atoms with Crippen molar-refractivity contribution in [2.45, 2.75) is 6.42 Å². The summed E-state index contributed by atoms with van der Waals surface area (Å²) in [6.45, 7) is 1.03. The molecule has 0 radical (unpaired) electrons. The molecule has 4 nitrogen and oxygen atoms in total. The van der Waals surface area contributed by atoms with Gasteiger partial charge < -0.3 is 10.4 Å². The zero-order valence-electron chi connectivity index (χ0n) is 8.03. The van der Waals surface area contributed by atoms with E-state index in [9.17, 15) is 4.79 Å². The number of nitrogens with one attached hydrogen (secondary N) is 1. The van der Waals surface area contributed by atoms with E-state index in [1.807, 2.05) is 0 Å². The summed E-state index contributed by atoms with van der Waals surface area (Å²) < 4.78 is 0. The van der Waals surface area contributed by atoms with Crippen LogP contribution >= 0.6 is 11.6 Å². The molecule has 1 aliphatic heterocycles. The summed E-state index contributed by atoms with van der Waals surface area (Å²) in [4.78, 5) is 15.0. The molecule has 80 valence electrons. The van der Waals surface area contributed by atoms with Crippen molar-refractivity contribution >= 4 is 17.6 Å². The van der Waals surface area contributed by atoms with Crippen LogP contribution in [0.3, 0.4) is 0 Å². The Hall–Kier alpha value is -1.13. The minimum atomic E-state index is -0.755. The lowest BCUT2D eigenvalue weighted by Gasteiger charge is -2.38. The Kier molecular flexibility index (Phi) is 2.63. The second-order valence-electron chi connectivity index (χ2n) is 3.85. The third-order valence-corrected chi connectivity index (χ3v) is 2.92. The SMILES string of the molecule is O=C(O)C1(Cc2ccnc(Cl)c2)CNC1. The molecule has 2 N–H and O–H groups in total. The molecule has 2 heterocycles. The average Bonchev–Trinajstić information content (AvgIpc) is 2.11. The van der Waals surface area contributed by atoms with E-state index in [1.54, 1.807) is 18.3 Å². The summed E-state index contributed by atoms with van der Waals surface area (Å²) in [5.74, 6) is -0.755. The second-order valence-corrected chi connectivity index (χ2v) is 4.24. The van der Waals surface area contributed by atoms with Crippen LogP contribution in [0, 0.1) is 5.41 Å². The third-order valence-electron chi connectivity index (χ3n) is 2.71. The van der Waals surface area contributed by atoms with Crippen molar-refractivity contribution in [2.24, 2.45) is 5.41 Å². The van der Waals surface area contributed by atoms with Crippen LogP contribution in [0.4, 0.5) is 0 Å². The fourth-order valence-electron chi connectivity index (χ4n) is 1.72. The smallest absolute Gasteiger partial charge is 0.312 e. The fraction of sp³-hybridized carbons (Fsp3) is 0.400. The van der Waals surface area contributed by atoms with Crippen LogP contribution in [-0.2, 0) is 11.2 Å². The van der Waals surface area contributed by atoms with Gasteiger partial charge in [-0.3, -0.25) is 4.79 Å². The van der Waals surface area contributed by atoms with Crippen molar-refractivity contribution in [3.63, 3.8) is 0 Å². The number of hydrogen-bond acceptors (Lipinski definition) is 3. The average molecular weight is 227 g/mol. The summed E-state index contributed by atoms with van der Waals surface area (Å²) in [5.41, 5.74) is 0.254. The highest BCUT2D eigenvalue weighted by molar-refractivity contribution is 6.29. The first-order valence-corrected chi connectivity index (χ1v) is 5.05. The predicted octanol–water partition coefficient (Wildman–Crippen LogP) is 0.952. The van der Waals surface area contributed by atoms with E-state index in [1.165, 1.54) is 0 Å². The molecule has 1 aliphatic rings. The molecule has 0 saturated carbocycles. The second kappa shape index (κ2) is 3.79. The molecule has 0 aromatic carbocycles. The van der Waals surface area contributed by atoms with Crippen LogP contribution < -0.4 is 5.32 Å². The molecule has 1 fully saturated rings. The Morgan fingerprint density at radius 1 is 1.67 bits per heavy atom. The molecule has 5 heteroatoms. The number of aromatic nitrogens is 1. The first-order valence-electron chi connectivity index (χ1n) is 4.67. The van der Waals surface area contributed by atoms with E-state index in [2.05, 4.69) is 10.3 Å². The van der Waals surface area contributed by atoms with Crippen molar-refractivity contribution in [1.82, 2.24) is 10.3 Å². The molecule has 1 saturated heterocycles. The van der Waals surface area contributed by atoms with Crippen molar-refractivity contribution < 1.29 is 9.90 Å². The van der Waals surface area contributed by atoms with Crippen molar-refractivity contribution in [3.05, 3.63) is 29.0 Å². The molecule has 2 rings (SSSR count). The van der Waals surface area contributed by atoms with Gasteiger partial charge in [0.15, 0.2) is 0 Å². The van der Waals surface area contributed by atoms with Crippen molar-refractivity contribution in [2.75, 3.05) is 13.1 Å². The van der Waals surface area contributed by atoms with E-state index in [4.69, 9.17) is 16.7 Å². The van der Waals surface area contributed by atoms with Gasteiger partial charge in [0.05, 0.1) is 5.41 Å². The number of pyridine rings is 1. The van der Waals surface area contributed by atoms with E-state index < -0.39 is 11.4 Å². The van der Waals surface area contributed by atoms with E-state index in [0.29, 0.717) is 24.7 Å². The maximum Gasteiger partial charge on any atom is 0.312 e. The van der Waals surface area contributed by atoms with Crippen molar-refractivity contribution in [1.29, 1.82) is 0 Å². The Bertz CT molecular complexity index is 391. The van der Waals surface area contributed by atoms with Crippen LogP contribution in [0.25, 0.3) is 0 Å². The van der Waals surface area contributed by atoms with Crippen LogP contribution in [0.5, 0.6) is 0 Å². The molecule has 1 aromatic rings. The number of aliphatic carboxylic acids is 1. The zero-order chi connectivity index (χ0) is 10.9. The fourth-order valence-corrected chi connectivity index (χ4v) is 1.92. The van der Waals surface area contributed by atoms with Crippen LogP contribution in [-0.4, -0.2) is 29.1 Å². The van der Waals surface area contributed by atoms with Gasteiger partial charge in [-0.15, -0.1) is 0 Å². The molecular weight excluding hydrogens is 216 g/mol. The van der Waals surface area contributed by atoms with Crippen molar-refractivity contribution in [3.8, 4) is 0 Å². The number of nitrogens with zero attached hydrogens (tertiary/aromatic N) is 1. The monoisotopic (exact) mass is 226 g/mol. The molecule has 0 aliphatic carbocycles. The van der Waals surface area contributed by atoms with E-state index >= 15 is 0 Å². The summed E-state index contributed by atoms with van der Waals surface area (Å²) in [6, 6.07) is 3.51. The highest BCUT2D eigenvalue weighted by Crippen LogP contribution is 2.28. The molecule has 0 spiro atoms. The Labute approximate surface area is 92.3 Å². The van der Waals surface area contributed by atoms with Gasteiger partial charge in [0.25, 0.3) is 0 Å². The quantitative estimate of drug-likeness (QED) is 0.754. The zero-order valence-corrected chi connectivity index (χ0v) is 8.79. The maximum atomic E-state index is 11.1. The van der Waals surface area contributed by atoms with Crippen LogP contribution in [0.15, 0.2) is 18.3 Å². The number of rotatable bonds is 3. The Balaban J connectivity index is 2.17. The highest BCUT2D eigenvalue weighted by atomic mass is 35.5. The van der Waals surface area contributed by atoms with Gasteiger partial charge in [-0.05, 0) is 24.1 Å². The first-order chi connectivity index (χ1) is 7.12. The van der Waals surface area contributed by atoms with Gasteiger partial charge in [-0.2, -0.15) is 0 Å². The normalized spacial score (nSPS) is 18.2. The van der Waals surface area contributed by atoms with Gasteiger partial charge >= 0.3 is 5.97 Å². The van der Waals surface area contributed by atoms with Crippen LogP contribution in [0.2, 0.25) is 5.15 Å². The largest absolute Gasteiger partial charge is 0.481 e. The molecule has 0 atom stereocenters. The van der Waals surface area contributed by atoms with E-state index in [0.717, 1.165) is 5.56 Å². The number of carboxylic acids is 1. The van der Waals surface area contributed by atoms with Gasteiger partial charge in [-0.1, -0.05) is 11.6 Å². The molecule has 15 heavy (non-hydrogen) atoms. The van der Waals surface area contributed by atoms with Gasteiger partial charge in [0, 0.05) is 19.3 Å². The third kappa shape index (κ3) is 1.96. The summed E-state index contributed by atoms with van der Waals surface area (Å²) in [5, 5.41) is 12.5. The maximum absolute atomic E-state index is 11.1. The van der Waals surface area contributed by atoms with Gasteiger partial charge in [0.2, 0.25) is 0 Å². The summed E-state index contributed by atoms with van der Waals surface area (Å²) in [6.07, 6.45) is 2.09. The summed E-state index contributed by atoms with van der Waals surface area (Å²) >= 11 is 5.74. The Morgan fingerprint density at radius 2 is 2.40 bits per heavy atom. The highest BCUT2D eigenvalue weighted by Gasteiger charge is 2.44.